The van der Waals surface area contributed by atoms with Gasteiger partial charge >= 0.3 is 0 Å². The monoisotopic (exact) mass is 324 g/mol. The molecule has 0 amide bonds. The minimum absolute atomic E-state index is 0.0649. The highest BCUT2D eigenvalue weighted by Crippen LogP contribution is 2.42. The first-order chi connectivity index (χ1) is 11.1. The zero-order valence-corrected chi connectivity index (χ0v) is 14.4. The molecule has 1 aliphatic heterocycles. The Morgan fingerprint density at radius 2 is 1.65 bits per heavy atom. The van der Waals surface area contributed by atoms with Crippen molar-refractivity contribution in [3.8, 4) is 0 Å². The predicted molar refractivity (Wildman–Crippen MR) is 96.3 cm³/mol. The predicted octanol–water partition coefficient (Wildman–Crippen LogP) is 5.04. The molecule has 1 heterocycles. The summed E-state index contributed by atoms with van der Waals surface area (Å²) in [6.45, 7) is 3.86. The lowest BCUT2D eigenvalue weighted by atomic mass is 9.90. The van der Waals surface area contributed by atoms with E-state index in [0.717, 1.165) is 11.1 Å². The smallest absolute Gasteiger partial charge is 0.210 e. The Balaban J connectivity index is 2.14. The standard InChI is InChI=1S/C20H20O2S/c1-4-20(2)19(21)17(14-8-6-5-7-9-14)18(22-20)15-10-12-16(23-3)13-11-15/h5-13H,4H2,1-3H3. The van der Waals surface area contributed by atoms with Gasteiger partial charge in [0.1, 0.15) is 5.76 Å². The molecule has 0 spiro atoms. The van der Waals surface area contributed by atoms with Gasteiger partial charge in [-0.15, -0.1) is 11.8 Å². The molecule has 0 saturated heterocycles. The van der Waals surface area contributed by atoms with Gasteiger partial charge in [-0.2, -0.15) is 0 Å². The molecule has 0 radical (unpaired) electrons. The topological polar surface area (TPSA) is 26.3 Å². The van der Waals surface area contributed by atoms with E-state index in [1.165, 1.54) is 4.90 Å². The fourth-order valence-corrected chi connectivity index (χ4v) is 3.14. The summed E-state index contributed by atoms with van der Waals surface area (Å²) in [6.07, 6.45) is 2.70. The zero-order chi connectivity index (χ0) is 16.4. The number of rotatable bonds is 4. The summed E-state index contributed by atoms with van der Waals surface area (Å²) in [5.74, 6) is 0.758. The molecular formula is C20H20O2S. The second-order valence-electron chi connectivity index (χ2n) is 5.81. The van der Waals surface area contributed by atoms with E-state index in [2.05, 4.69) is 12.1 Å². The van der Waals surface area contributed by atoms with E-state index >= 15 is 0 Å². The molecule has 0 aromatic heterocycles. The molecule has 2 nitrogen and oxygen atoms in total. The van der Waals surface area contributed by atoms with Gasteiger partial charge in [-0.3, -0.25) is 4.79 Å². The summed E-state index contributed by atoms with van der Waals surface area (Å²) in [7, 11) is 0. The van der Waals surface area contributed by atoms with Crippen molar-refractivity contribution in [1.29, 1.82) is 0 Å². The normalized spacial score (nSPS) is 20.7. The lowest BCUT2D eigenvalue weighted by molar-refractivity contribution is -0.126. The second kappa shape index (κ2) is 6.25. The van der Waals surface area contributed by atoms with Crippen LogP contribution in [0.3, 0.4) is 0 Å². The molecule has 0 fully saturated rings. The number of thioether (sulfide) groups is 1. The fraction of sp³-hybridized carbons (Fsp3) is 0.250. The Kier molecular flexibility index (Phi) is 4.31. The highest BCUT2D eigenvalue weighted by atomic mass is 32.2. The second-order valence-corrected chi connectivity index (χ2v) is 6.69. The van der Waals surface area contributed by atoms with Gasteiger partial charge < -0.3 is 4.74 Å². The quantitative estimate of drug-likeness (QED) is 0.737. The van der Waals surface area contributed by atoms with Crippen LogP contribution < -0.4 is 0 Å². The van der Waals surface area contributed by atoms with Crippen LogP contribution in [0.5, 0.6) is 0 Å². The molecule has 1 unspecified atom stereocenters. The fourth-order valence-electron chi connectivity index (χ4n) is 2.74. The molecule has 0 N–H and O–H groups in total. The Morgan fingerprint density at radius 3 is 2.22 bits per heavy atom. The number of carbonyl (C=O) groups excluding carboxylic acids is 1. The Labute approximate surface area is 141 Å². The number of ether oxygens (including phenoxy) is 1. The van der Waals surface area contributed by atoms with E-state index in [-0.39, 0.29) is 5.78 Å². The van der Waals surface area contributed by atoms with E-state index in [4.69, 9.17) is 4.74 Å². The largest absolute Gasteiger partial charge is 0.478 e. The summed E-state index contributed by atoms with van der Waals surface area (Å²) in [6, 6.07) is 18.0. The van der Waals surface area contributed by atoms with Crippen LogP contribution in [0.2, 0.25) is 0 Å². The van der Waals surface area contributed by atoms with Gasteiger partial charge in [-0.1, -0.05) is 49.4 Å². The first kappa shape index (κ1) is 15.9. The van der Waals surface area contributed by atoms with E-state index in [9.17, 15) is 4.79 Å². The van der Waals surface area contributed by atoms with Gasteiger partial charge in [0, 0.05) is 10.5 Å². The van der Waals surface area contributed by atoms with Crippen LogP contribution in [0.1, 0.15) is 31.4 Å². The first-order valence-electron chi connectivity index (χ1n) is 7.77. The van der Waals surface area contributed by atoms with E-state index in [1.54, 1.807) is 11.8 Å². The minimum atomic E-state index is -0.779. The zero-order valence-electron chi connectivity index (χ0n) is 13.6. The Bertz CT molecular complexity index is 747. The third-order valence-corrected chi connectivity index (χ3v) is 5.09. The summed E-state index contributed by atoms with van der Waals surface area (Å²) in [5, 5.41) is 0. The number of Topliss-reactive ketones (excluding diaryl/α,β-unsaturated/α-hetero) is 1. The SMILES string of the molecule is CCC1(C)OC(c2ccc(SC)cc2)=C(c2ccccc2)C1=O. The maximum atomic E-state index is 13.0. The van der Waals surface area contributed by atoms with Crippen molar-refractivity contribution in [3.63, 3.8) is 0 Å². The molecule has 0 saturated carbocycles. The third kappa shape index (κ3) is 2.81. The lowest BCUT2D eigenvalue weighted by Gasteiger charge is -2.21. The molecule has 1 atom stereocenters. The van der Waals surface area contributed by atoms with Crippen LogP contribution in [-0.2, 0) is 9.53 Å². The van der Waals surface area contributed by atoms with Gasteiger partial charge in [0.15, 0.2) is 5.60 Å². The minimum Gasteiger partial charge on any atom is -0.478 e. The van der Waals surface area contributed by atoms with Crippen molar-refractivity contribution < 1.29 is 9.53 Å². The lowest BCUT2D eigenvalue weighted by Crippen LogP contribution is -2.32. The number of hydrogen-bond acceptors (Lipinski definition) is 3. The molecule has 2 aromatic carbocycles. The van der Waals surface area contributed by atoms with Crippen molar-refractivity contribution >= 4 is 28.9 Å². The van der Waals surface area contributed by atoms with Crippen molar-refractivity contribution in [2.24, 2.45) is 0 Å². The number of benzene rings is 2. The maximum absolute atomic E-state index is 13.0. The number of carbonyl (C=O) groups is 1. The van der Waals surface area contributed by atoms with E-state index in [0.29, 0.717) is 17.8 Å². The molecule has 1 aliphatic rings. The van der Waals surface area contributed by atoms with Gasteiger partial charge in [0.05, 0.1) is 5.57 Å². The van der Waals surface area contributed by atoms with Gasteiger partial charge in [-0.05, 0) is 37.3 Å². The molecule has 118 valence electrons. The summed E-state index contributed by atoms with van der Waals surface area (Å²) in [4.78, 5) is 14.2. The van der Waals surface area contributed by atoms with Crippen LogP contribution in [0, 0.1) is 0 Å². The number of ketones is 1. The molecule has 3 rings (SSSR count). The van der Waals surface area contributed by atoms with Gasteiger partial charge in [0.2, 0.25) is 5.78 Å². The summed E-state index contributed by atoms with van der Waals surface area (Å²) in [5.41, 5.74) is 1.77. The van der Waals surface area contributed by atoms with Crippen molar-refractivity contribution in [1.82, 2.24) is 0 Å². The molecule has 23 heavy (non-hydrogen) atoms. The van der Waals surface area contributed by atoms with Crippen LogP contribution in [-0.4, -0.2) is 17.6 Å². The average Bonchev–Trinajstić information content (AvgIpc) is 2.88. The van der Waals surface area contributed by atoms with Crippen LogP contribution in [0.15, 0.2) is 59.5 Å². The van der Waals surface area contributed by atoms with Gasteiger partial charge in [0.25, 0.3) is 0 Å². The van der Waals surface area contributed by atoms with Crippen LogP contribution in [0.25, 0.3) is 11.3 Å². The molecular weight excluding hydrogens is 304 g/mol. The maximum Gasteiger partial charge on any atom is 0.210 e. The van der Waals surface area contributed by atoms with Crippen molar-refractivity contribution in [2.75, 3.05) is 6.26 Å². The average molecular weight is 324 g/mol. The highest BCUT2D eigenvalue weighted by molar-refractivity contribution is 7.98. The Morgan fingerprint density at radius 1 is 1.00 bits per heavy atom. The molecule has 3 heteroatoms. The van der Waals surface area contributed by atoms with Crippen molar-refractivity contribution in [3.05, 3.63) is 65.7 Å². The van der Waals surface area contributed by atoms with E-state index < -0.39 is 5.60 Å². The molecule has 0 aliphatic carbocycles. The first-order valence-corrected chi connectivity index (χ1v) is 8.99. The van der Waals surface area contributed by atoms with Crippen molar-refractivity contribution in [2.45, 2.75) is 30.8 Å². The van der Waals surface area contributed by atoms with Gasteiger partial charge in [-0.25, -0.2) is 0 Å². The molecule has 0 bridgehead atoms. The Hall–Kier alpha value is -2.00. The third-order valence-electron chi connectivity index (χ3n) is 4.35. The van der Waals surface area contributed by atoms with E-state index in [1.807, 2.05) is 62.6 Å². The van der Waals surface area contributed by atoms with Crippen LogP contribution in [0.4, 0.5) is 0 Å². The van der Waals surface area contributed by atoms with Crippen LogP contribution >= 0.6 is 11.8 Å². The highest BCUT2D eigenvalue weighted by Gasteiger charge is 2.44. The number of hydrogen-bond donors (Lipinski definition) is 0. The molecule has 2 aromatic rings. The summed E-state index contributed by atoms with van der Waals surface area (Å²) < 4.78 is 6.16. The summed E-state index contributed by atoms with van der Waals surface area (Å²) >= 11 is 1.70.